The fraction of sp³-hybridized carbons (Fsp3) is 0.810. The summed E-state index contributed by atoms with van der Waals surface area (Å²) in [6, 6.07) is 0. The van der Waals surface area contributed by atoms with E-state index >= 15 is 0 Å². The topological polar surface area (TPSA) is 74.6 Å². The van der Waals surface area contributed by atoms with Crippen LogP contribution in [0.25, 0.3) is 0 Å². The maximum absolute atomic E-state index is 10.4. The molecule has 0 aromatic carbocycles. The van der Waals surface area contributed by atoms with Crippen LogP contribution in [0.4, 0.5) is 0 Å². The van der Waals surface area contributed by atoms with Crippen molar-refractivity contribution in [3.63, 3.8) is 0 Å². The summed E-state index contributed by atoms with van der Waals surface area (Å²) < 4.78 is 0. The van der Waals surface area contributed by atoms with Crippen molar-refractivity contribution in [2.45, 2.75) is 109 Å². The van der Waals surface area contributed by atoms with E-state index in [1.54, 1.807) is 0 Å². The number of allylic oxidation sites excluding steroid dienone is 2. The van der Waals surface area contributed by atoms with Crippen LogP contribution in [0, 0.1) is 0 Å². The Bertz CT molecular complexity index is 350. The van der Waals surface area contributed by atoms with Crippen molar-refractivity contribution < 1.29 is 19.8 Å². The number of carboxylic acid groups (broad SMARTS) is 2. The van der Waals surface area contributed by atoms with Gasteiger partial charge in [0.25, 0.3) is 0 Å². The largest absolute Gasteiger partial charge is 0.481 e. The molecule has 0 atom stereocenters. The first-order chi connectivity index (χ1) is 12.1. The van der Waals surface area contributed by atoms with Gasteiger partial charge in [-0.05, 0) is 38.5 Å². The highest BCUT2D eigenvalue weighted by Crippen LogP contribution is 2.11. The van der Waals surface area contributed by atoms with E-state index in [2.05, 4.69) is 12.2 Å². The molecule has 0 rings (SSSR count). The molecule has 4 heteroatoms. The van der Waals surface area contributed by atoms with Gasteiger partial charge >= 0.3 is 11.9 Å². The molecule has 2 N–H and O–H groups in total. The van der Waals surface area contributed by atoms with Crippen molar-refractivity contribution in [1.82, 2.24) is 0 Å². The monoisotopic (exact) mass is 354 g/mol. The standard InChI is InChI=1S/C21H38O4/c22-20(23)18-16-14-12-10-8-6-4-2-1-3-5-7-9-11-13-15-17-19-21(24)25/h1-2H,3-19H2,(H,22,23)(H,24,25)/b2-1+. The van der Waals surface area contributed by atoms with Gasteiger partial charge in [0.15, 0.2) is 0 Å². The highest BCUT2D eigenvalue weighted by atomic mass is 16.4. The Hall–Kier alpha value is -1.32. The summed E-state index contributed by atoms with van der Waals surface area (Å²) in [5.41, 5.74) is 0. The Morgan fingerprint density at radius 1 is 0.480 bits per heavy atom. The molecule has 0 amide bonds. The van der Waals surface area contributed by atoms with Crippen molar-refractivity contribution >= 4 is 11.9 Å². The molecule has 4 nitrogen and oxygen atoms in total. The van der Waals surface area contributed by atoms with E-state index < -0.39 is 11.9 Å². The van der Waals surface area contributed by atoms with Crippen molar-refractivity contribution in [3.05, 3.63) is 12.2 Å². The maximum atomic E-state index is 10.4. The minimum atomic E-state index is -0.680. The van der Waals surface area contributed by atoms with Crippen LogP contribution in [0.5, 0.6) is 0 Å². The molecular formula is C21H38O4. The quantitative estimate of drug-likeness (QED) is 0.209. The third kappa shape index (κ3) is 22.7. The molecule has 0 saturated heterocycles. The number of unbranched alkanes of at least 4 members (excludes halogenated alkanes) is 13. The molecule has 146 valence electrons. The molecule has 0 aliphatic carbocycles. The van der Waals surface area contributed by atoms with E-state index in [0.29, 0.717) is 12.8 Å². The van der Waals surface area contributed by atoms with Gasteiger partial charge in [0, 0.05) is 12.8 Å². The molecule has 0 aliphatic rings. The molecule has 0 aromatic heterocycles. The Kier molecular flexibility index (Phi) is 18.0. The minimum absolute atomic E-state index is 0.313. The Labute approximate surface area is 153 Å². The molecule has 0 radical (unpaired) electrons. The van der Waals surface area contributed by atoms with Crippen LogP contribution in [0.3, 0.4) is 0 Å². The second-order valence-corrected chi connectivity index (χ2v) is 6.93. The number of aliphatic carboxylic acids is 2. The smallest absolute Gasteiger partial charge is 0.303 e. The molecule has 0 spiro atoms. The van der Waals surface area contributed by atoms with Crippen LogP contribution >= 0.6 is 0 Å². The lowest BCUT2D eigenvalue weighted by molar-refractivity contribution is -0.138. The highest BCUT2D eigenvalue weighted by Gasteiger charge is 1.97. The first-order valence-electron chi connectivity index (χ1n) is 10.2. The average molecular weight is 355 g/mol. The second-order valence-electron chi connectivity index (χ2n) is 6.93. The van der Waals surface area contributed by atoms with Crippen LogP contribution < -0.4 is 0 Å². The predicted octanol–water partition coefficient (Wildman–Crippen LogP) is 6.34. The number of hydrogen-bond acceptors (Lipinski definition) is 2. The summed E-state index contributed by atoms with van der Waals surface area (Å²) >= 11 is 0. The van der Waals surface area contributed by atoms with Crippen LogP contribution in [0.15, 0.2) is 12.2 Å². The Morgan fingerprint density at radius 2 is 0.760 bits per heavy atom. The lowest BCUT2D eigenvalue weighted by Crippen LogP contribution is -1.93. The van der Waals surface area contributed by atoms with Crippen molar-refractivity contribution in [3.8, 4) is 0 Å². The van der Waals surface area contributed by atoms with E-state index in [4.69, 9.17) is 10.2 Å². The van der Waals surface area contributed by atoms with Gasteiger partial charge in [-0.3, -0.25) is 9.59 Å². The maximum Gasteiger partial charge on any atom is 0.303 e. The fourth-order valence-electron chi connectivity index (χ4n) is 2.90. The molecule has 0 fully saturated rings. The summed E-state index contributed by atoms with van der Waals surface area (Å²) in [6.07, 6.45) is 22.4. The third-order valence-electron chi connectivity index (χ3n) is 4.44. The van der Waals surface area contributed by atoms with Crippen molar-refractivity contribution in [2.24, 2.45) is 0 Å². The first kappa shape index (κ1) is 23.7. The van der Waals surface area contributed by atoms with Crippen LogP contribution in [0.2, 0.25) is 0 Å². The van der Waals surface area contributed by atoms with Gasteiger partial charge in [-0.25, -0.2) is 0 Å². The molecule has 0 heterocycles. The zero-order chi connectivity index (χ0) is 18.6. The number of carboxylic acids is 2. The fourth-order valence-corrected chi connectivity index (χ4v) is 2.90. The van der Waals surface area contributed by atoms with Gasteiger partial charge in [-0.1, -0.05) is 69.9 Å². The van der Waals surface area contributed by atoms with Gasteiger partial charge in [0.05, 0.1) is 0 Å². The Morgan fingerprint density at radius 3 is 1.08 bits per heavy atom. The highest BCUT2D eigenvalue weighted by molar-refractivity contribution is 5.66. The molecule has 0 bridgehead atoms. The van der Waals surface area contributed by atoms with Gasteiger partial charge in [0.1, 0.15) is 0 Å². The van der Waals surface area contributed by atoms with Crippen LogP contribution in [-0.4, -0.2) is 22.2 Å². The molecule has 0 saturated carbocycles. The summed E-state index contributed by atoms with van der Waals surface area (Å²) in [4.78, 5) is 20.7. The van der Waals surface area contributed by atoms with Crippen molar-refractivity contribution in [2.75, 3.05) is 0 Å². The zero-order valence-electron chi connectivity index (χ0n) is 15.9. The van der Waals surface area contributed by atoms with E-state index in [0.717, 1.165) is 32.1 Å². The third-order valence-corrected chi connectivity index (χ3v) is 4.44. The van der Waals surface area contributed by atoms with E-state index in [1.165, 1.54) is 64.2 Å². The van der Waals surface area contributed by atoms with E-state index in [9.17, 15) is 9.59 Å². The number of rotatable bonds is 19. The van der Waals surface area contributed by atoms with E-state index in [1.807, 2.05) is 0 Å². The Balaban J connectivity index is 3.11. The lowest BCUT2D eigenvalue weighted by Gasteiger charge is -2.00. The van der Waals surface area contributed by atoms with Gasteiger partial charge in [0.2, 0.25) is 0 Å². The minimum Gasteiger partial charge on any atom is -0.481 e. The molecule has 0 aromatic rings. The predicted molar refractivity (Wildman–Crippen MR) is 103 cm³/mol. The first-order valence-corrected chi connectivity index (χ1v) is 10.2. The van der Waals surface area contributed by atoms with Gasteiger partial charge < -0.3 is 10.2 Å². The zero-order valence-corrected chi connectivity index (χ0v) is 15.9. The van der Waals surface area contributed by atoms with Gasteiger partial charge in [-0.2, -0.15) is 0 Å². The molecular weight excluding hydrogens is 316 g/mol. The molecule has 0 aliphatic heterocycles. The van der Waals surface area contributed by atoms with Crippen LogP contribution in [0.1, 0.15) is 109 Å². The van der Waals surface area contributed by atoms with Crippen LogP contribution in [-0.2, 0) is 9.59 Å². The molecule has 0 unspecified atom stereocenters. The van der Waals surface area contributed by atoms with Crippen molar-refractivity contribution in [1.29, 1.82) is 0 Å². The SMILES string of the molecule is O=C(O)CCCCCCCC/C=C/CCCCCCCCCC(=O)O. The normalized spacial score (nSPS) is 11.2. The number of hydrogen-bond donors (Lipinski definition) is 2. The summed E-state index contributed by atoms with van der Waals surface area (Å²) in [5.74, 6) is -1.36. The molecule has 25 heavy (non-hydrogen) atoms. The van der Waals surface area contributed by atoms with E-state index in [-0.39, 0.29) is 0 Å². The summed E-state index contributed by atoms with van der Waals surface area (Å²) in [5, 5.41) is 17.1. The second kappa shape index (κ2) is 19.0. The average Bonchev–Trinajstić information content (AvgIpc) is 2.56. The number of carbonyl (C=O) groups is 2. The summed E-state index contributed by atoms with van der Waals surface area (Å²) in [7, 11) is 0. The van der Waals surface area contributed by atoms with Gasteiger partial charge in [-0.15, -0.1) is 0 Å². The summed E-state index contributed by atoms with van der Waals surface area (Å²) in [6.45, 7) is 0. The lowest BCUT2D eigenvalue weighted by atomic mass is 10.1.